The normalized spacial score (nSPS) is 34.4. The molecule has 0 spiro atoms. The molecule has 2 nitrogen and oxygen atoms in total. The van der Waals surface area contributed by atoms with Crippen LogP contribution in [0.25, 0.3) is 0 Å². The van der Waals surface area contributed by atoms with Crippen molar-refractivity contribution >= 4 is 0 Å². The summed E-state index contributed by atoms with van der Waals surface area (Å²) in [6.45, 7) is 1.30. The fraction of sp³-hybridized carbons (Fsp3) is 0.600. The molecule has 5 heteroatoms. The number of fused-ring (bicyclic) bond motifs is 2. The zero-order chi connectivity index (χ0) is 14.4. The van der Waals surface area contributed by atoms with E-state index in [4.69, 9.17) is 0 Å². The van der Waals surface area contributed by atoms with Gasteiger partial charge >= 0.3 is 6.18 Å². The molecule has 1 aromatic carbocycles. The van der Waals surface area contributed by atoms with Crippen LogP contribution in [0, 0.1) is 11.8 Å². The van der Waals surface area contributed by atoms with Crippen molar-refractivity contribution in [2.45, 2.75) is 31.2 Å². The highest BCUT2D eigenvalue weighted by molar-refractivity contribution is 5.16. The van der Waals surface area contributed by atoms with Gasteiger partial charge in [0.25, 0.3) is 0 Å². The Morgan fingerprint density at radius 2 is 1.65 bits per heavy atom. The van der Waals surface area contributed by atoms with Crippen LogP contribution >= 0.6 is 0 Å². The number of benzene rings is 1. The van der Waals surface area contributed by atoms with Gasteiger partial charge in [0.15, 0.2) is 5.60 Å². The number of halogens is 3. The molecular formula is C15H18F3NO. The van der Waals surface area contributed by atoms with Gasteiger partial charge in [0.2, 0.25) is 0 Å². The number of hydrogen-bond acceptors (Lipinski definition) is 2. The fourth-order valence-corrected chi connectivity index (χ4v) is 3.77. The van der Waals surface area contributed by atoms with Crippen LogP contribution in [0.3, 0.4) is 0 Å². The molecule has 1 saturated heterocycles. The summed E-state index contributed by atoms with van der Waals surface area (Å²) in [6.07, 6.45) is -3.59. The predicted molar refractivity (Wildman–Crippen MR) is 68.9 cm³/mol. The minimum Gasteiger partial charge on any atom is -0.380 e. The van der Waals surface area contributed by atoms with Crippen LogP contribution in [0.5, 0.6) is 0 Å². The quantitative estimate of drug-likeness (QED) is 0.903. The summed E-state index contributed by atoms with van der Waals surface area (Å²) >= 11 is 0. The van der Waals surface area contributed by atoms with Gasteiger partial charge in [-0.15, -0.1) is 0 Å². The summed E-state index contributed by atoms with van der Waals surface area (Å²) in [6, 6.07) is 9.74. The molecule has 1 saturated carbocycles. The average Bonchev–Trinajstić information content (AvgIpc) is 2.60. The molecule has 2 fully saturated rings. The Labute approximate surface area is 116 Å². The molecular weight excluding hydrogens is 267 g/mol. The lowest BCUT2D eigenvalue weighted by atomic mass is 9.79. The molecule has 1 aromatic rings. The van der Waals surface area contributed by atoms with E-state index < -0.39 is 23.6 Å². The smallest absolute Gasteiger partial charge is 0.380 e. The van der Waals surface area contributed by atoms with E-state index in [0.29, 0.717) is 32.5 Å². The second-order valence-electron chi connectivity index (χ2n) is 5.97. The van der Waals surface area contributed by atoms with Crippen molar-refractivity contribution in [1.82, 2.24) is 4.90 Å². The van der Waals surface area contributed by atoms with E-state index in [1.54, 1.807) is 0 Å². The van der Waals surface area contributed by atoms with Crippen molar-refractivity contribution in [3.8, 4) is 0 Å². The van der Waals surface area contributed by atoms with Crippen molar-refractivity contribution in [3.05, 3.63) is 35.9 Å². The second-order valence-corrected chi connectivity index (χ2v) is 5.97. The van der Waals surface area contributed by atoms with E-state index in [9.17, 15) is 18.3 Å². The highest BCUT2D eigenvalue weighted by Crippen LogP contribution is 2.53. The molecule has 2 aliphatic rings. The maximum Gasteiger partial charge on any atom is 0.417 e. The zero-order valence-corrected chi connectivity index (χ0v) is 11.1. The van der Waals surface area contributed by atoms with Crippen molar-refractivity contribution in [2.75, 3.05) is 13.1 Å². The van der Waals surface area contributed by atoms with E-state index in [0.717, 1.165) is 5.56 Å². The first-order valence-corrected chi connectivity index (χ1v) is 6.96. The van der Waals surface area contributed by atoms with Gasteiger partial charge < -0.3 is 5.11 Å². The number of rotatable bonds is 2. The molecule has 0 amide bonds. The maximum atomic E-state index is 13.2. The van der Waals surface area contributed by atoms with Crippen molar-refractivity contribution in [2.24, 2.45) is 11.8 Å². The summed E-state index contributed by atoms with van der Waals surface area (Å²) in [5.74, 6) is -1.38. The summed E-state index contributed by atoms with van der Waals surface area (Å²) < 4.78 is 39.5. The van der Waals surface area contributed by atoms with Gasteiger partial charge in [-0.2, -0.15) is 13.2 Å². The Hall–Kier alpha value is -1.07. The Balaban J connectivity index is 1.74. The molecule has 1 heterocycles. The van der Waals surface area contributed by atoms with Gasteiger partial charge in [-0.05, 0) is 18.4 Å². The van der Waals surface area contributed by atoms with Gasteiger partial charge in [0.05, 0.1) is 0 Å². The lowest BCUT2D eigenvalue weighted by Crippen LogP contribution is -2.61. The lowest BCUT2D eigenvalue weighted by molar-refractivity contribution is -0.298. The molecule has 0 aromatic heterocycles. The number of aliphatic hydroxyl groups is 1. The van der Waals surface area contributed by atoms with Crippen LogP contribution in [0.15, 0.2) is 30.3 Å². The predicted octanol–water partition coefficient (Wildman–Crippen LogP) is 2.82. The number of piperidine rings is 1. The molecule has 110 valence electrons. The van der Waals surface area contributed by atoms with Crippen LogP contribution < -0.4 is 0 Å². The largest absolute Gasteiger partial charge is 0.417 e. The van der Waals surface area contributed by atoms with Crippen LogP contribution in [0.1, 0.15) is 18.4 Å². The number of nitrogens with zero attached hydrogens (tertiary/aromatic N) is 1. The molecule has 3 atom stereocenters. The van der Waals surface area contributed by atoms with Crippen molar-refractivity contribution in [1.29, 1.82) is 0 Å². The molecule has 1 N–H and O–H groups in total. The van der Waals surface area contributed by atoms with E-state index in [-0.39, 0.29) is 0 Å². The van der Waals surface area contributed by atoms with Crippen LogP contribution in [0.4, 0.5) is 13.2 Å². The molecule has 0 radical (unpaired) electrons. The first-order chi connectivity index (χ1) is 9.41. The van der Waals surface area contributed by atoms with Crippen LogP contribution in [0.2, 0.25) is 0 Å². The zero-order valence-electron chi connectivity index (χ0n) is 11.1. The van der Waals surface area contributed by atoms with Gasteiger partial charge in [-0.25, -0.2) is 0 Å². The fourth-order valence-electron chi connectivity index (χ4n) is 3.77. The highest BCUT2D eigenvalue weighted by atomic mass is 19.4. The standard InChI is InChI=1S/C15H18F3NO/c16-15(17,18)14(20)12-6-7-13(14)10-19(9-12)8-11-4-2-1-3-5-11/h1-5,12-13,20H,6-10H2/t12-,13+,14?. The van der Waals surface area contributed by atoms with E-state index in [1.807, 2.05) is 35.2 Å². The third-order valence-electron chi connectivity index (χ3n) is 4.77. The minimum atomic E-state index is -4.52. The van der Waals surface area contributed by atoms with Gasteiger partial charge in [-0.3, -0.25) is 4.90 Å². The Kier molecular flexibility index (Phi) is 3.29. The molecule has 3 rings (SSSR count). The molecule has 2 bridgehead atoms. The van der Waals surface area contributed by atoms with E-state index in [1.165, 1.54) is 0 Å². The van der Waals surface area contributed by atoms with E-state index in [2.05, 4.69) is 0 Å². The average molecular weight is 285 g/mol. The number of hydrogen-bond donors (Lipinski definition) is 1. The first-order valence-electron chi connectivity index (χ1n) is 6.96. The van der Waals surface area contributed by atoms with Crippen LogP contribution in [-0.4, -0.2) is 34.9 Å². The highest BCUT2D eigenvalue weighted by Gasteiger charge is 2.67. The summed E-state index contributed by atoms with van der Waals surface area (Å²) in [4.78, 5) is 2.04. The van der Waals surface area contributed by atoms with Crippen LogP contribution in [-0.2, 0) is 6.54 Å². The Morgan fingerprint density at radius 1 is 1.10 bits per heavy atom. The van der Waals surface area contributed by atoms with Crippen molar-refractivity contribution in [3.63, 3.8) is 0 Å². The topological polar surface area (TPSA) is 23.5 Å². The molecule has 20 heavy (non-hydrogen) atoms. The molecule has 1 aliphatic carbocycles. The third kappa shape index (κ3) is 2.13. The summed E-state index contributed by atoms with van der Waals surface area (Å²) in [5.41, 5.74) is -1.37. The molecule has 1 aliphatic heterocycles. The molecule has 1 unspecified atom stereocenters. The SMILES string of the molecule is OC1(C(F)(F)F)[C@@H]2CC[C@H]1CN(Cc1ccccc1)C2. The van der Waals surface area contributed by atoms with Gasteiger partial charge in [-0.1, -0.05) is 30.3 Å². The third-order valence-corrected chi connectivity index (χ3v) is 4.77. The second kappa shape index (κ2) is 4.74. The number of likely N-dealkylation sites (tertiary alicyclic amines) is 1. The van der Waals surface area contributed by atoms with Crippen molar-refractivity contribution < 1.29 is 18.3 Å². The first kappa shape index (κ1) is 13.9. The Bertz CT molecular complexity index is 460. The number of alkyl halides is 3. The van der Waals surface area contributed by atoms with Gasteiger partial charge in [0, 0.05) is 31.5 Å². The summed E-state index contributed by atoms with van der Waals surface area (Å²) in [7, 11) is 0. The maximum absolute atomic E-state index is 13.2. The minimum absolute atomic E-state index is 0.321. The monoisotopic (exact) mass is 285 g/mol. The van der Waals surface area contributed by atoms with E-state index >= 15 is 0 Å². The summed E-state index contributed by atoms with van der Waals surface area (Å²) in [5, 5.41) is 10.1. The lowest BCUT2D eigenvalue weighted by Gasteiger charge is -2.45. The Morgan fingerprint density at radius 3 is 2.15 bits per heavy atom. The van der Waals surface area contributed by atoms with Gasteiger partial charge in [0.1, 0.15) is 0 Å².